The highest BCUT2D eigenvalue weighted by Crippen LogP contribution is 2.27. The molecule has 7 heteroatoms. The van der Waals surface area contributed by atoms with Crippen molar-refractivity contribution in [2.45, 2.75) is 6.61 Å². The van der Waals surface area contributed by atoms with E-state index in [1.807, 2.05) is 6.07 Å². The summed E-state index contributed by atoms with van der Waals surface area (Å²) in [5, 5.41) is 21.4. The van der Waals surface area contributed by atoms with Crippen LogP contribution in [-0.4, -0.2) is 11.0 Å². The van der Waals surface area contributed by atoms with Crippen molar-refractivity contribution in [2.24, 2.45) is 0 Å². The lowest BCUT2D eigenvalue weighted by Crippen LogP contribution is -2.13. The zero-order valence-electron chi connectivity index (χ0n) is 15.6. The summed E-state index contributed by atoms with van der Waals surface area (Å²) in [6.07, 6.45) is 1.40. The number of hydrogen-bond acceptors (Lipinski definition) is 4. The Morgan fingerprint density at radius 1 is 1.17 bits per heavy atom. The predicted octanol–water partition coefficient (Wildman–Crippen LogP) is 5.42. The molecule has 0 aromatic heterocycles. The maximum absolute atomic E-state index is 13.8. The minimum absolute atomic E-state index is 0.00324. The molecular weight excluding hydrogens is 451 g/mol. The van der Waals surface area contributed by atoms with Crippen LogP contribution in [0.2, 0.25) is 0 Å². The van der Waals surface area contributed by atoms with E-state index in [0.29, 0.717) is 22.6 Å². The topological polar surface area (TPSA) is 82.3 Å². The van der Waals surface area contributed by atoms with Gasteiger partial charge < -0.3 is 15.2 Å². The minimum Gasteiger partial charge on any atom is -0.508 e. The number of rotatable bonds is 6. The van der Waals surface area contributed by atoms with Crippen LogP contribution >= 0.6 is 15.9 Å². The first kappa shape index (κ1) is 21.1. The molecule has 30 heavy (non-hydrogen) atoms. The molecule has 0 fully saturated rings. The molecule has 0 saturated carbocycles. The van der Waals surface area contributed by atoms with Gasteiger partial charge in [-0.1, -0.05) is 34.1 Å². The van der Waals surface area contributed by atoms with E-state index >= 15 is 0 Å². The molecule has 150 valence electrons. The third-order valence-electron chi connectivity index (χ3n) is 4.10. The van der Waals surface area contributed by atoms with E-state index in [9.17, 15) is 19.6 Å². The predicted molar refractivity (Wildman–Crippen MR) is 115 cm³/mol. The van der Waals surface area contributed by atoms with Crippen LogP contribution in [0.1, 0.15) is 11.1 Å². The molecule has 0 aliphatic rings. The number of carbonyl (C=O) groups excluding carboxylic acids is 1. The van der Waals surface area contributed by atoms with Gasteiger partial charge in [0.1, 0.15) is 35.6 Å². The van der Waals surface area contributed by atoms with E-state index < -0.39 is 5.91 Å². The van der Waals surface area contributed by atoms with Crippen LogP contribution < -0.4 is 10.1 Å². The summed E-state index contributed by atoms with van der Waals surface area (Å²) in [5.41, 5.74) is 1.17. The Bertz CT molecular complexity index is 1140. The van der Waals surface area contributed by atoms with Crippen LogP contribution in [0.5, 0.6) is 11.5 Å². The van der Waals surface area contributed by atoms with E-state index in [1.54, 1.807) is 36.4 Å². The minimum atomic E-state index is -0.608. The van der Waals surface area contributed by atoms with Crippen molar-refractivity contribution in [3.05, 3.63) is 93.7 Å². The molecule has 0 bridgehead atoms. The van der Waals surface area contributed by atoms with E-state index in [0.717, 1.165) is 4.47 Å². The smallest absolute Gasteiger partial charge is 0.266 e. The number of phenolic OH excluding ortho intramolecular Hbond substituents is 1. The fourth-order valence-electron chi connectivity index (χ4n) is 2.58. The largest absolute Gasteiger partial charge is 0.508 e. The summed E-state index contributed by atoms with van der Waals surface area (Å²) < 4.78 is 20.3. The number of phenols is 1. The zero-order chi connectivity index (χ0) is 21.5. The van der Waals surface area contributed by atoms with Gasteiger partial charge in [0, 0.05) is 21.3 Å². The summed E-state index contributed by atoms with van der Waals surface area (Å²) >= 11 is 3.36. The fourth-order valence-corrected chi connectivity index (χ4v) is 2.96. The van der Waals surface area contributed by atoms with Crippen LogP contribution in [0.4, 0.5) is 10.1 Å². The van der Waals surface area contributed by atoms with E-state index in [2.05, 4.69) is 21.2 Å². The normalized spacial score (nSPS) is 10.9. The fraction of sp³-hybridized carbons (Fsp3) is 0.0435. The molecular formula is C23H16BrFN2O3. The molecule has 0 spiro atoms. The number of carbonyl (C=O) groups is 1. The molecule has 0 atom stereocenters. The first-order valence-corrected chi connectivity index (χ1v) is 9.63. The number of ether oxygens (including phenoxy) is 1. The number of aromatic hydroxyl groups is 1. The van der Waals surface area contributed by atoms with E-state index in [1.165, 1.54) is 36.4 Å². The van der Waals surface area contributed by atoms with Gasteiger partial charge in [0.2, 0.25) is 0 Å². The number of nitrogens with zero attached hydrogens (tertiary/aromatic N) is 1. The number of anilines is 1. The number of halogens is 2. The van der Waals surface area contributed by atoms with E-state index in [-0.39, 0.29) is 23.7 Å². The van der Waals surface area contributed by atoms with Crippen molar-refractivity contribution in [3.63, 3.8) is 0 Å². The zero-order valence-corrected chi connectivity index (χ0v) is 17.2. The molecule has 0 radical (unpaired) electrons. The van der Waals surface area contributed by atoms with Gasteiger partial charge in [-0.3, -0.25) is 4.79 Å². The molecule has 5 nitrogen and oxygen atoms in total. The molecule has 0 heterocycles. The highest BCUT2D eigenvalue weighted by molar-refractivity contribution is 9.10. The van der Waals surface area contributed by atoms with Crippen molar-refractivity contribution < 1.29 is 19.0 Å². The molecule has 3 aromatic rings. The maximum Gasteiger partial charge on any atom is 0.266 e. The highest BCUT2D eigenvalue weighted by Gasteiger charge is 2.13. The van der Waals surface area contributed by atoms with Crippen molar-refractivity contribution in [2.75, 3.05) is 5.32 Å². The Labute approximate surface area is 181 Å². The summed E-state index contributed by atoms with van der Waals surface area (Å²) in [7, 11) is 0. The van der Waals surface area contributed by atoms with Gasteiger partial charge in [-0.15, -0.1) is 0 Å². The molecule has 0 aliphatic carbocycles. The van der Waals surface area contributed by atoms with Crippen LogP contribution in [0.15, 0.2) is 76.8 Å². The Balaban J connectivity index is 1.83. The average Bonchev–Trinajstić information content (AvgIpc) is 2.74. The third kappa shape index (κ3) is 5.46. The van der Waals surface area contributed by atoms with Crippen LogP contribution in [0, 0.1) is 17.1 Å². The van der Waals surface area contributed by atoms with Crippen LogP contribution in [0.25, 0.3) is 6.08 Å². The standard InChI is InChI=1S/C23H16BrFN2O3/c24-18-5-10-22(30-14-15-3-1-2-4-21(15)25)16(12-18)11-17(13-26)23(29)27-19-6-8-20(28)9-7-19/h1-12,28H,14H2,(H,27,29)/b17-11+. The van der Waals surface area contributed by atoms with Gasteiger partial charge in [0.25, 0.3) is 5.91 Å². The SMILES string of the molecule is N#C/C(=C\c1cc(Br)ccc1OCc1ccccc1F)C(=O)Nc1ccc(O)cc1. The lowest BCUT2D eigenvalue weighted by molar-refractivity contribution is -0.112. The summed E-state index contributed by atoms with van der Waals surface area (Å²) in [6.45, 7) is -0.00324. The van der Waals surface area contributed by atoms with Gasteiger partial charge in [0.15, 0.2) is 0 Å². The average molecular weight is 467 g/mol. The summed E-state index contributed by atoms with van der Waals surface area (Å²) in [5.74, 6) is -0.526. The lowest BCUT2D eigenvalue weighted by atomic mass is 10.1. The number of hydrogen-bond donors (Lipinski definition) is 2. The number of amides is 1. The molecule has 3 rings (SSSR count). The number of nitriles is 1. The van der Waals surface area contributed by atoms with E-state index in [4.69, 9.17) is 4.74 Å². The molecule has 0 aliphatic heterocycles. The van der Waals surface area contributed by atoms with Crippen molar-refractivity contribution in [1.82, 2.24) is 0 Å². The Morgan fingerprint density at radius 3 is 2.60 bits per heavy atom. The monoisotopic (exact) mass is 466 g/mol. The molecule has 3 aromatic carbocycles. The summed E-state index contributed by atoms with van der Waals surface area (Å²) in [6, 6.07) is 19.2. The second kappa shape index (κ2) is 9.72. The summed E-state index contributed by atoms with van der Waals surface area (Å²) in [4.78, 5) is 12.5. The quantitative estimate of drug-likeness (QED) is 0.288. The van der Waals surface area contributed by atoms with Gasteiger partial charge >= 0.3 is 0 Å². The van der Waals surface area contributed by atoms with Crippen LogP contribution in [0.3, 0.4) is 0 Å². The first-order chi connectivity index (χ1) is 14.5. The van der Waals surface area contributed by atoms with Gasteiger partial charge in [-0.25, -0.2) is 4.39 Å². The Morgan fingerprint density at radius 2 is 1.90 bits per heavy atom. The molecule has 1 amide bonds. The first-order valence-electron chi connectivity index (χ1n) is 8.84. The molecule has 0 unspecified atom stereocenters. The second-order valence-electron chi connectivity index (χ2n) is 6.23. The van der Waals surface area contributed by atoms with Crippen molar-refractivity contribution >= 4 is 33.6 Å². The van der Waals surface area contributed by atoms with Crippen molar-refractivity contribution in [1.29, 1.82) is 5.26 Å². The van der Waals surface area contributed by atoms with Crippen molar-refractivity contribution in [3.8, 4) is 17.6 Å². The van der Waals surface area contributed by atoms with Gasteiger partial charge in [-0.05, 0) is 54.6 Å². The van der Waals surface area contributed by atoms with Gasteiger partial charge in [-0.2, -0.15) is 5.26 Å². The van der Waals surface area contributed by atoms with Crippen LogP contribution in [-0.2, 0) is 11.4 Å². The Kier molecular flexibility index (Phi) is 6.83. The third-order valence-corrected chi connectivity index (χ3v) is 4.60. The second-order valence-corrected chi connectivity index (χ2v) is 7.15. The van der Waals surface area contributed by atoms with Gasteiger partial charge in [0.05, 0.1) is 0 Å². The number of nitrogens with one attached hydrogen (secondary N) is 1. The molecule has 2 N–H and O–H groups in total. The maximum atomic E-state index is 13.8. The number of benzene rings is 3. The highest BCUT2D eigenvalue weighted by atomic mass is 79.9. The lowest BCUT2D eigenvalue weighted by Gasteiger charge is -2.11. The Hall–Kier alpha value is -3.63. The molecule has 0 saturated heterocycles.